The van der Waals surface area contributed by atoms with Crippen molar-refractivity contribution < 1.29 is 14.0 Å². The summed E-state index contributed by atoms with van der Waals surface area (Å²) in [6.45, 7) is 4.93. The smallest absolute Gasteiger partial charge is 0.264 e. The van der Waals surface area contributed by atoms with E-state index in [-0.39, 0.29) is 25.1 Å². The molecule has 26 heavy (non-hydrogen) atoms. The van der Waals surface area contributed by atoms with Crippen LogP contribution >= 0.6 is 12.4 Å². The molecule has 1 fully saturated rings. The summed E-state index contributed by atoms with van der Waals surface area (Å²) in [5.74, 6) is 2.45. The number of rotatable bonds is 6. The Bertz CT molecular complexity index is 735. The summed E-state index contributed by atoms with van der Waals surface area (Å²) < 4.78 is 16.5. The maximum Gasteiger partial charge on any atom is 0.264 e. The first kappa shape index (κ1) is 20.2. The van der Waals surface area contributed by atoms with Crippen LogP contribution in [0.2, 0.25) is 0 Å². The third kappa shape index (κ3) is 4.75. The summed E-state index contributed by atoms with van der Waals surface area (Å²) in [5, 5.41) is 7.44. The SMILES string of the molecule is C/C=C/c1ccc(OCc2nc(C3CNCCN3C)no2)c(OC)c1.Cl. The van der Waals surface area contributed by atoms with Gasteiger partial charge in [-0.25, -0.2) is 0 Å². The molecule has 1 aliphatic heterocycles. The van der Waals surface area contributed by atoms with Gasteiger partial charge in [-0.05, 0) is 31.7 Å². The van der Waals surface area contributed by atoms with E-state index in [0.717, 1.165) is 25.2 Å². The lowest BCUT2D eigenvalue weighted by molar-refractivity contribution is 0.189. The van der Waals surface area contributed by atoms with Gasteiger partial charge in [0.15, 0.2) is 23.9 Å². The summed E-state index contributed by atoms with van der Waals surface area (Å²) in [7, 11) is 3.69. The highest BCUT2D eigenvalue weighted by molar-refractivity contribution is 5.85. The Morgan fingerprint density at radius 1 is 1.38 bits per heavy atom. The molecule has 1 atom stereocenters. The van der Waals surface area contributed by atoms with Gasteiger partial charge in [0.1, 0.15) is 0 Å². The molecule has 0 radical (unpaired) electrons. The fraction of sp³-hybridized carbons (Fsp3) is 0.444. The van der Waals surface area contributed by atoms with E-state index in [4.69, 9.17) is 14.0 Å². The first-order chi connectivity index (χ1) is 12.2. The van der Waals surface area contributed by atoms with Crippen molar-refractivity contribution in [1.82, 2.24) is 20.4 Å². The Balaban J connectivity index is 0.00000243. The third-order valence-corrected chi connectivity index (χ3v) is 4.19. The van der Waals surface area contributed by atoms with E-state index in [1.165, 1.54) is 0 Å². The molecule has 3 rings (SSSR count). The molecule has 2 aromatic rings. The van der Waals surface area contributed by atoms with Crippen LogP contribution in [0.1, 0.15) is 30.2 Å². The minimum Gasteiger partial charge on any atom is -0.493 e. The molecule has 142 valence electrons. The van der Waals surface area contributed by atoms with Gasteiger partial charge in [-0.1, -0.05) is 23.4 Å². The van der Waals surface area contributed by atoms with Gasteiger partial charge >= 0.3 is 0 Å². The van der Waals surface area contributed by atoms with Crippen molar-refractivity contribution in [3.05, 3.63) is 41.6 Å². The van der Waals surface area contributed by atoms with Gasteiger partial charge in [-0.2, -0.15) is 4.98 Å². The summed E-state index contributed by atoms with van der Waals surface area (Å²) >= 11 is 0. The maximum absolute atomic E-state index is 5.80. The van der Waals surface area contributed by atoms with Crippen molar-refractivity contribution in [3.8, 4) is 11.5 Å². The Kier molecular flexibility index (Phi) is 7.44. The van der Waals surface area contributed by atoms with E-state index in [0.29, 0.717) is 23.2 Å². The zero-order valence-electron chi connectivity index (χ0n) is 15.3. The zero-order valence-corrected chi connectivity index (χ0v) is 16.1. The number of hydrogen-bond donors (Lipinski definition) is 1. The van der Waals surface area contributed by atoms with Crippen LogP contribution in [-0.2, 0) is 6.61 Å². The van der Waals surface area contributed by atoms with Gasteiger partial charge in [0.2, 0.25) is 0 Å². The van der Waals surface area contributed by atoms with Crippen LogP contribution in [0.25, 0.3) is 6.08 Å². The molecular weight excluding hydrogens is 356 g/mol. The second kappa shape index (κ2) is 9.56. The lowest BCUT2D eigenvalue weighted by Crippen LogP contribution is -2.44. The van der Waals surface area contributed by atoms with Crippen LogP contribution in [0.3, 0.4) is 0 Å². The number of hydrogen-bond acceptors (Lipinski definition) is 7. The molecule has 0 aliphatic carbocycles. The fourth-order valence-electron chi connectivity index (χ4n) is 2.80. The summed E-state index contributed by atoms with van der Waals surface area (Å²) in [4.78, 5) is 6.68. The number of ether oxygens (including phenoxy) is 2. The van der Waals surface area contributed by atoms with Gasteiger partial charge in [0.05, 0.1) is 13.2 Å². The van der Waals surface area contributed by atoms with Crippen LogP contribution in [0.5, 0.6) is 11.5 Å². The van der Waals surface area contributed by atoms with Crippen molar-refractivity contribution in [2.24, 2.45) is 0 Å². The summed E-state index contributed by atoms with van der Waals surface area (Å²) in [6, 6.07) is 5.90. The van der Waals surface area contributed by atoms with Crippen LogP contribution in [-0.4, -0.2) is 48.8 Å². The van der Waals surface area contributed by atoms with E-state index in [1.54, 1.807) is 7.11 Å². The maximum atomic E-state index is 5.80. The Morgan fingerprint density at radius 3 is 2.96 bits per heavy atom. The molecular formula is C18H25ClN4O3. The van der Waals surface area contributed by atoms with Crippen molar-refractivity contribution in [1.29, 1.82) is 0 Å². The van der Waals surface area contributed by atoms with Crippen LogP contribution in [0.15, 0.2) is 28.8 Å². The first-order valence-corrected chi connectivity index (χ1v) is 8.38. The number of likely N-dealkylation sites (N-methyl/N-ethyl adjacent to an activating group) is 1. The van der Waals surface area contributed by atoms with E-state index in [2.05, 4.69) is 27.4 Å². The summed E-state index contributed by atoms with van der Waals surface area (Å²) in [6.07, 6.45) is 3.98. The van der Waals surface area contributed by atoms with E-state index in [1.807, 2.05) is 37.3 Å². The summed E-state index contributed by atoms with van der Waals surface area (Å²) in [5.41, 5.74) is 1.06. The van der Waals surface area contributed by atoms with Gasteiger partial charge < -0.3 is 19.3 Å². The number of nitrogens with zero attached hydrogens (tertiary/aromatic N) is 3. The normalized spacial score (nSPS) is 17.9. The Labute approximate surface area is 159 Å². The number of aromatic nitrogens is 2. The Morgan fingerprint density at radius 2 is 2.23 bits per heavy atom. The Hall–Kier alpha value is -2.09. The van der Waals surface area contributed by atoms with Crippen molar-refractivity contribution >= 4 is 18.5 Å². The van der Waals surface area contributed by atoms with E-state index < -0.39 is 0 Å². The molecule has 2 heterocycles. The molecule has 1 aromatic heterocycles. The van der Waals surface area contributed by atoms with Gasteiger partial charge in [0.25, 0.3) is 5.89 Å². The van der Waals surface area contributed by atoms with Crippen molar-refractivity contribution in [2.75, 3.05) is 33.8 Å². The lowest BCUT2D eigenvalue weighted by Gasteiger charge is -2.30. The van der Waals surface area contributed by atoms with Crippen LogP contribution in [0.4, 0.5) is 0 Å². The van der Waals surface area contributed by atoms with Gasteiger partial charge in [0, 0.05) is 19.6 Å². The molecule has 0 amide bonds. The minimum atomic E-state index is 0. The molecule has 8 heteroatoms. The number of allylic oxidation sites excluding steroid dienone is 1. The largest absolute Gasteiger partial charge is 0.493 e. The standard InChI is InChI=1S/C18H24N4O3.ClH/c1-4-5-13-6-7-15(16(10-13)23-3)24-12-17-20-18(21-25-17)14-11-19-8-9-22(14)2;/h4-7,10,14,19H,8-9,11-12H2,1-3H3;1H/b5-4+;. The molecule has 1 unspecified atom stereocenters. The molecule has 0 saturated carbocycles. The predicted octanol–water partition coefficient (Wildman–Crippen LogP) is 2.69. The molecule has 1 saturated heterocycles. The molecule has 1 N–H and O–H groups in total. The number of methoxy groups -OCH3 is 1. The predicted molar refractivity (Wildman–Crippen MR) is 102 cm³/mol. The number of nitrogens with one attached hydrogen (secondary N) is 1. The monoisotopic (exact) mass is 380 g/mol. The van der Waals surface area contributed by atoms with Gasteiger partial charge in [-0.15, -0.1) is 12.4 Å². The van der Waals surface area contributed by atoms with E-state index in [9.17, 15) is 0 Å². The van der Waals surface area contributed by atoms with Gasteiger partial charge in [-0.3, -0.25) is 4.90 Å². The van der Waals surface area contributed by atoms with Crippen molar-refractivity contribution in [2.45, 2.75) is 19.6 Å². The average molecular weight is 381 g/mol. The molecule has 0 spiro atoms. The average Bonchev–Trinajstić information content (AvgIpc) is 3.10. The highest BCUT2D eigenvalue weighted by Crippen LogP contribution is 2.29. The number of benzene rings is 1. The number of piperazine rings is 1. The first-order valence-electron chi connectivity index (χ1n) is 8.38. The second-order valence-electron chi connectivity index (χ2n) is 5.95. The fourth-order valence-corrected chi connectivity index (χ4v) is 2.80. The molecule has 1 aliphatic rings. The lowest BCUT2D eigenvalue weighted by atomic mass is 10.2. The molecule has 0 bridgehead atoms. The highest BCUT2D eigenvalue weighted by Gasteiger charge is 2.25. The quantitative estimate of drug-likeness (QED) is 0.825. The van der Waals surface area contributed by atoms with Crippen LogP contribution < -0.4 is 14.8 Å². The van der Waals surface area contributed by atoms with Crippen molar-refractivity contribution in [3.63, 3.8) is 0 Å². The molecule has 1 aromatic carbocycles. The molecule has 7 nitrogen and oxygen atoms in total. The van der Waals surface area contributed by atoms with E-state index >= 15 is 0 Å². The topological polar surface area (TPSA) is 72.7 Å². The highest BCUT2D eigenvalue weighted by atomic mass is 35.5. The minimum absolute atomic E-state index is 0. The second-order valence-corrected chi connectivity index (χ2v) is 5.95. The van der Waals surface area contributed by atoms with Crippen LogP contribution in [0, 0.1) is 0 Å². The third-order valence-electron chi connectivity index (χ3n) is 4.19. The number of halogens is 1. The zero-order chi connectivity index (χ0) is 17.6.